The first-order chi connectivity index (χ1) is 8.24. The maximum Gasteiger partial charge on any atom is 0.0948 e. The van der Waals surface area contributed by atoms with Gasteiger partial charge in [0.15, 0.2) is 0 Å². The number of methoxy groups -OCH3 is 1. The van der Waals surface area contributed by atoms with E-state index >= 15 is 0 Å². The van der Waals surface area contributed by atoms with E-state index in [1.54, 1.807) is 13.4 Å². The van der Waals surface area contributed by atoms with Crippen molar-refractivity contribution in [3.05, 3.63) is 18.2 Å². The second kappa shape index (κ2) is 8.38. The molecule has 0 aliphatic carbocycles. The predicted octanol–water partition coefficient (Wildman–Crippen LogP) is 0.388. The molecule has 1 unspecified atom stereocenters. The van der Waals surface area contributed by atoms with Gasteiger partial charge in [-0.3, -0.25) is 4.21 Å². The normalized spacial score (nSPS) is 12.8. The van der Waals surface area contributed by atoms with Gasteiger partial charge in [-0.1, -0.05) is 0 Å². The van der Waals surface area contributed by atoms with E-state index in [-0.39, 0.29) is 0 Å². The third-order valence-electron chi connectivity index (χ3n) is 2.42. The van der Waals surface area contributed by atoms with E-state index in [2.05, 4.69) is 14.9 Å². The predicted molar refractivity (Wildman–Crippen MR) is 69.4 cm³/mol. The Hall–Kier alpha value is -0.720. The Kier molecular flexibility index (Phi) is 7.07. The SMILES string of the molecule is COCCNCc1cncn1CCCS(C)=O. The lowest BCUT2D eigenvalue weighted by Gasteiger charge is -2.08. The van der Waals surface area contributed by atoms with Crippen LogP contribution in [0.2, 0.25) is 0 Å². The van der Waals surface area contributed by atoms with Crippen molar-refractivity contribution in [1.29, 1.82) is 0 Å². The first-order valence-corrected chi connectivity index (χ1v) is 7.45. The summed E-state index contributed by atoms with van der Waals surface area (Å²) in [5.41, 5.74) is 1.16. The van der Waals surface area contributed by atoms with Crippen LogP contribution in [0.5, 0.6) is 0 Å². The molecule has 5 nitrogen and oxygen atoms in total. The van der Waals surface area contributed by atoms with Crippen molar-refractivity contribution in [1.82, 2.24) is 14.9 Å². The van der Waals surface area contributed by atoms with Crippen LogP contribution >= 0.6 is 0 Å². The van der Waals surface area contributed by atoms with Crippen LogP contribution in [0.25, 0.3) is 0 Å². The molecule has 0 amide bonds. The largest absolute Gasteiger partial charge is 0.383 e. The summed E-state index contributed by atoms with van der Waals surface area (Å²) in [6.07, 6.45) is 6.35. The van der Waals surface area contributed by atoms with Gasteiger partial charge in [0.1, 0.15) is 0 Å². The van der Waals surface area contributed by atoms with E-state index in [0.717, 1.165) is 37.5 Å². The van der Waals surface area contributed by atoms with Crippen molar-refractivity contribution < 1.29 is 8.95 Å². The van der Waals surface area contributed by atoms with Crippen LogP contribution in [-0.2, 0) is 28.6 Å². The van der Waals surface area contributed by atoms with Gasteiger partial charge in [-0.2, -0.15) is 0 Å². The van der Waals surface area contributed by atoms with E-state index in [0.29, 0.717) is 6.61 Å². The molecule has 0 radical (unpaired) electrons. The van der Waals surface area contributed by atoms with Gasteiger partial charge in [0.25, 0.3) is 0 Å². The minimum atomic E-state index is -0.708. The molecule has 0 spiro atoms. The van der Waals surface area contributed by atoms with Crippen LogP contribution in [0, 0.1) is 0 Å². The fraction of sp³-hybridized carbons (Fsp3) is 0.727. The summed E-state index contributed by atoms with van der Waals surface area (Å²) >= 11 is 0. The Morgan fingerprint density at radius 1 is 1.59 bits per heavy atom. The molecule has 17 heavy (non-hydrogen) atoms. The van der Waals surface area contributed by atoms with Gasteiger partial charge in [0.2, 0.25) is 0 Å². The highest BCUT2D eigenvalue weighted by atomic mass is 32.2. The third-order valence-corrected chi connectivity index (χ3v) is 3.28. The molecule has 1 heterocycles. The third kappa shape index (κ3) is 5.95. The summed E-state index contributed by atoms with van der Waals surface area (Å²) in [5.74, 6) is 0.745. The molecular formula is C11H21N3O2S. The average Bonchev–Trinajstić information content (AvgIpc) is 2.72. The topological polar surface area (TPSA) is 56.1 Å². The molecule has 6 heteroatoms. The Balaban J connectivity index is 2.29. The number of imidazole rings is 1. The molecule has 1 aromatic rings. The van der Waals surface area contributed by atoms with Gasteiger partial charge in [-0.05, 0) is 6.42 Å². The standard InChI is InChI=1S/C11H21N3O2S/c1-16-6-4-12-8-11-9-13-10-14(11)5-3-7-17(2)15/h9-10,12H,3-8H2,1-2H3. The summed E-state index contributed by atoms with van der Waals surface area (Å²) in [4.78, 5) is 4.13. The Morgan fingerprint density at radius 3 is 3.12 bits per heavy atom. The van der Waals surface area contributed by atoms with Crippen molar-refractivity contribution >= 4 is 10.8 Å². The number of aryl methyl sites for hydroxylation is 1. The van der Waals surface area contributed by atoms with E-state index in [4.69, 9.17) is 4.74 Å². The lowest BCUT2D eigenvalue weighted by Crippen LogP contribution is -2.20. The molecule has 0 saturated heterocycles. The van der Waals surface area contributed by atoms with Gasteiger partial charge in [0.05, 0.1) is 18.6 Å². The molecule has 1 atom stereocenters. The quantitative estimate of drug-likeness (QED) is 0.652. The van der Waals surface area contributed by atoms with Crippen LogP contribution in [0.1, 0.15) is 12.1 Å². The highest BCUT2D eigenvalue weighted by Crippen LogP contribution is 2.01. The number of hydrogen-bond acceptors (Lipinski definition) is 4. The van der Waals surface area contributed by atoms with Crippen LogP contribution in [0.15, 0.2) is 12.5 Å². The first-order valence-electron chi connectivity index (χ1n) is 5.72. The second-order valence-electron chi connectivity index (χ2n) is 3.88. The highest BCUT2D eigenvalue weighted by Gasteiger charge is 2.01. The summed E-state index contributed by atoms with van der Waals surface area (Å²) in [6, 6.07) is 0. The van der Waals surface area contributed by atoms with E-state index in [1.165, 1.54) is 0 Å². The Morgan fingerprint density at radius 2 is 2.41 bits per heavy atom. The maximum absolute atomic E-state index is 11.0. The summed E-state index contributed by atoms with van der Waals surface area (Å²) < 4.78 is 18.0. The van der Waals surface area contributed by atoms with Gasteiger partial charge in [0, 0.05) is 55.7 Å². The van der Waals surface area contributed by atoms with Crippen LogP contribution < -0.4 is 5.32 Å². The maximum atomic E-state index is 11.0. The summed E-state index contributed by atoms with van der Waals surface area (Å²) in [6.45, 7) is 3.21. The smallest absolute Gasteiger partial charge is 0.0948 e. The van der Waals surface area contributed by atoms with E-state index < -0.39 is 10.8 Å². The van der Waals surface area contributed by atoms with E-state index in [1.807, 2.05) is 12.5 Å². The molecule has 0 fully saturated rings. The number of nitrogens with one attached hydrogen (secondary N) is 1. The van der Waals surface area contributed by atoms with Crippen molar-refractivity contribution in [2.45, 2.75) is 19.5 Å². The molecule has 0 bridgehead atoms. The minimum Gasteiger partial charge on any atom is -0.383 e. The molecule has 0 aliphatic heterocycles. The monoisotopic (exact) mass is 259 g/mol. The Bertz CT molecular complexity index is 341. The minimum absolute atomic E-state index is 0.708. The number of aromatic nitrogens is 2. The van der Waals surface area contributed by atoms with Crippen LogP contribution in [-0.4, -0.2) is 46.0 Å². The van der Waals surface area contributed by atoms with Gasteiger partial charge in [-0.15, -0.1) is 0 Å². The fourth-order valence-corrected chi connectivity index (χ4v) is 2.06. The highest BCUT2D eigenvalue weighted by molar-refractivity contribution is 7.84. The number of rotatable bonds is 9. The summed E-state index contributed by atoms with van der Waals surface area (Å²) in [7, 11) is 0.984. The summed E-state index contributed by atoms with van der Waals surface area (Å²) in [5, 5.41) is 3.28. The lowest BCUT2D eigenvalue weighted by atomic mass is 10.4. The average molecular weight is 259 g/mol. The van der Waals surface area contributed by atoms with Crippen molar-refractivity contribution in [2.75, 3.05) is 32.3 Å². The molecule has 0 aromatic carbocycles. The van der Waals surface area contributed by atoms with Gasteiger partial charge in [-0.25, -0.2) is 4.98 Å². The van der Waals surface area contributed by atoms with Crippen molar-refractivity contribution in [2.24, 2.45) is 0 Å². The van der Waals surface area contributed by atoms with Gasteiger partial charge >= 0.3 is 0 Å². The molecule has 0 saturated carbocycles. The fourth-order valence-electron chi connectivity index (χ4n) is 1.53. The van der Waals surface area contributed by atoms with Gasteiger partial charge < -0.3 is 14.6 Å². The molecule has 1 N–H and O–H groups in total. The zero-order valence-electron chi connectivity index (χ0n) is 10.5. The Labute approximate surface area is 105 Å². The van der Waals surface area contributed by atoms with Crippen molar-refractivity contribution in [3.8, 4) is 0 Å². The number of nitrogens with zero attached hydrogens (tertiary/aromatic N) is 2. The number of hydrogen-bond donors (Lipinski definition) is 1. The second-order valence-corrected chi connectivity index (χ2v) is 5.43. The van der Waals surface area contributed by atoms with Crippen LogP contribution in [0.4, 0.5) is 0 Å². The molecule has 1 aromatic heterocycles. The molecule has 1 rings (SSSR count). The van der Waals surface area contributed by atoms with Crippen molar-refractivity contribution in [3.63, 3.8) is 0 Å². The first kappa shape index (κ1) is 14.3. The molecule has 98 valence electrons. The lowest BCUT2D eigenvalue weighted by molar-refractivity contribution is 0.199. The molecule has 0 aliphatic rings. The zero-order valence-corrected chi connectivity index (χ0v) is 11.3. The zero-order chi connectivity index (χ0) is 12.5. The van der Waals surface area contributed by atoms with E-state index in [9.17, 15) is 4.21 Å². The number of ether oxygens (including phenoxy) is 1. The van der Waals surface area contributed by atoms with Crippen LogP contribution in [0.3, 0.4) is 0 Å². The molecular weight excluding hydrogens is 238 g/mol.